The van der Waals surface area contributed by atoms with Crippen LogP contribution in [-0.4, -0.2) is 23.1 Å². The van der Waals surface area contributed by atoms with Crippen LogP contribution < -0.4 is 10.6 Å². The first-order valence-electron chi connectivity index (χ1n) is 6.58. The van der Waals surface area contributed by atoms with Crippen LogP contribution in [0, 0.1) is 5.92 Å². The summed E-state index contributed by atoms with van der Waals surface area (Å²) in [5, 5.41) is 14.6. The predicted octanol–water partition coefficient (Wildman–Crippen LogP) is 3.35. The van der Waals surface area contributed by atoms with E-state index in [2.05, 4.69) is 10.6 Å². The molecule has 1 saturated carbocycles. The molecular weight excluding hydrogens is 280 g/mol. The van der Waals surface area contributed by atoms with Crippen molar-refractivity contribution in [3.8, 4) is 0 Å². The van der Waals surface area contributed by atoms with E-state index in [0.717, 1.165) is 12.8 Å². The fraction of sp³-hybridized carbons (Fsp3) is 0.429. The number of carbonyl (C=O) groups is 2. The Morgan fingerprint density at radius 2 is 2.10 bits per heavy atom. The lowest BCUT2D eigenvalue weighted by Gasteiger charge is -2.31. The van der Waals surface area contributed by atoms with E-state index in [9.17, 15) is 9.59 Å². The van der Waals surface area contributed by atoms with Crippen LogP contribution in [-0.2, 0) is 0 Å². The maximum absolute atomic E-state index is 11.9. The molecule has 1 aromatic carbocycles. The van der Waals surface area contributed by atoms with Crippen molar-refractivity contribution in [1.82, 2.24) is 5.32 Å². The first kappa shape index (κ1) is 14.7. The summed E-state index contributed by atoms with van der Waals surface area (Å²) in [6, 6.07) is 4.26. The van der Waals surface area contributed by atoms with Gasteiger partial charge in [-0.15, -0.1) is 0 Å². The van der Waals surface area contributed by atoms with Crippen LogP contribution in [0.15, 0.2) is 18.2 Å². The standard InChI is InChI=1S/C14H17ClN2O3/c1-8(9-4-2-5-9)16-14(20)17-11-7-3-6-10(15)12(11)13(18)19/h3,6-9H,2,4-5H2,1H3,(H,18,19)(H2,16,17,20). The Balaban J connectivity index is 2.04. The minimum atomic E-state index is -1.17. The highest BCUT2D eigenvalue weighted by atomic mass is 35.5. The average molecular weight is 297 g/mol. The van der Waals surface area contributed by atoms with Crippen LogP contribution in [0.1, 0.15) is 36.5 Å². The third-order valence-electron chi connectivity index (χ3n) is 3.69. The Bertz CT molecular complexity index is 529. The molecule has 0 radical (unpaired) electrons. The molecule has 108 valence electrons. The van der Waals surface area contributed by atoms with Crippen molar-refractivity contribution in [2.45, 2.75) is 32.2 Å². The first-order chi connectivity index (χ1) is 9.49. The second-order valence-electron chi connectivity index (χ2n) is 5.05. The van der Waals surface area contributed by atoms with Gasteiger partial charge >= 0.3 is 12.0 Å². The number of aromatic carboxylic acids is 1. The molecule has 1 atom stereocenters. The number of hydrogen-bond acceptors (Lipinski definition) is 2. The maximum Gasteiger partial charge on any atom is 0.339 e. The van der Waals surface area contributed by atoms with E-state index in [1.54, 1.807) is 6.07 Å². The summed E-state index contributed by atoms with van der Waals surface area (Å²) in [6.45, 7) is 1.96. The molecule has 0 saturated heterocycles. The van der Waals surface area contributed by atoms with Gasteiger partial charge in [-0.2, -0.15) is 0 Å². The Kier molecular flexibility index (Phi) is 4.49. The van der Waals surface area contributed by atoms with E-state index in [4.69, 9.17) is 16.7 Å². The Labute approximate surface area is 122 Å². The number of carboxylic acid groups (broad SMARTS) is 1. The van der Waals surface area contributed by atoms with Crippen molar-refractivity contribution in [2.24, 2.45) is 5.92 Å². The van der Waals surface area contributed by atoms with Crippen molar-refractivity contribution in [1.29, 1.82) is 0 Å². The second kappa shape index (κ2) is 6.13. The van der Waals surface area contributed by atoms with Crippen LogP contribution in [0.5, 0.6) is 0 Å². The molecule has 1 aliphatic carbocycles. The van der Waals surface area contributed by atoms with Crippen molar-refractivity contribution in [3.05, 3.63) is 28.8 Å². The van der Waals surface area contributed by atoms with E-state index in [-0.39, 0.29) is 22.3 Å². The van der Waals surface area contributed by atoms with Crippen LogP contribution in [0.3, 0.4) is 0 Å². The molecule has 1 unspecified atom stereocenters. The number of hydrogen-bond donors (Lipinski definition) is 3. The quantitative estimate of drug-likeness (QED) is 0.797. The van der Waals surface area contributed by atoms with Crippen molar-refractivity contribution in [2.75, 3.05) is 5.32 Å². The molecule has 0 aromatic heterocycles. The molecule has 0 heterocycles. The predicted molar refractivity (Wildman–Crippen MR) is 77.4 cm³/mol. The summed E-state index contributed by atoms with van der Waals surface area (Å²) in [4.78, 5) is 23.0. The lowest BCUT2D eigenvalue weighted by molar-refractivity contribution is 0.0698. The highest BCUT2D eigenvalue weighted by Gasteiger charge is 2.25. The summed E-state index contributed by atoms with van der Waals surface area (Å²) in [5.41, 5.74) is 0.101. The summed E-state index contributed by atoms with van der Waals surface area (Å²) >= 11 is 5.84. The fourth-order valence-electron chi connectivity index (χ4n) is 2.27. The van der Waals surface area contributed by atoms with Crippen LogP contribution in [0.25, 0.3) is 0 Å². The minimum absolute atomic E-state index is 0.0798. The van der Waals surface area contributed by atoms with Crippen LogP contribution in [0.2, 0.25) is 5.02 Å². The van der Waals surface area contributed by atoms with Gasteiger partial charge in [-0.1, -0.05) is 24.1 Å². The van der Waals surface area contributed by atoms with E-state index >= 15 is 0 Å². The fourth-order valence-corrected chi connectivity index (χ4v) is 2.52. The highest BCUT2D eigenvalue weighted by molar-refractivity contribution is 6.34. The number of carboxylic acids is 1. The van der Waals surface area contributed by atoms with Crippen molar-refractivity contribution >= 4 is 29.3 Å². The van der Waals surface area contributed by atoms with Gasteiger partial charge in [-0.05, 0) is 37.8 Å². The molecule has 2 amide bonds. The molecule has 1 aromatic rings. The van der Waals surface area contributed by atoms with E-state index in [0.29, 0.717) is 5.92 Å². The zero-order valence-electron chi connectivity index (χ0n) is 11.1. The SMILES string of the molecule is CC(NC(=O)Nc1cccc(Cl)c1C(=O)O)C1CCC1. The number of urea groups is 1. The summed E-state index contributed by atoms with van der Waals surface area (Å²) < 4.78 is 0. The van der Waals surface area contributed by atoms with Gasteiger partial charge in [-0.3, -0.25) is 0 Å². The lowest BCUT2D eigenvalue weighted by Crippen LogP contribution is -2.42. The molecule has 3 N–H and O–H groups in total. The Morgan fingerprint density at radius 1 is 1.40 bits per heavy atom. The molecule has 1 aliphatic rings. The molecule has 2 rings (SSSR count). The third kappa shape index (κ3) is 3.22. The number of carbonyl (C=O) groups excluding carboxylic acids is 1. The highest BCUT2D eigenvalue weighted by Crippen LogP contribution is 2.29. The number of halogens is 1. The number of anilines is 1. The van der Waals surface area contributed by atoms with Crippen LogP contribution >= 0.6 is 11.6 Å². The maximum atomic E-state index is 11.9. The summed E-state index contributed by atoms with van der Waals surface area (Å²) in [5.74, 6) is -0.656. The Hall–Kier alpha value is -1.75. The van der Waals surface area contributed by atoms with Gasteiger partial charge in [0.25, 0.3) is 0 Å². The zero-order chi connectivity index (χ0) is 14.7. The topological polar surface area (TPSA) is 78.4 Å². The van der Waals surface area contributed by atoms with Gasteiger partial charge < -0.3 is 15.7 Å². The summed E-state index contributed by atoms with van der Waals surface area (Å²) in [7, 11) is 0. The number of amides is 2. The first-order valence-corrected chi connectivity index (χ1v) is 6.96. The molecule has 0 spiro atoms. The minimum Gasteiger partial charge on any atom is -0.478 e. The molecular formula is C14H17ClN2O3. The van der Waals surface area contributed by atoms with Gasteiger partial charge in [0.05, 0.1) is 10.7 Å². The monoisotopic (exact) mass is 296 g/mol. The molecule has 5 nitrogen and oxygen atoms in total. The van der Waals surface area contributed by atoms with Gasteiger partial charge in [0.15, 0.2) is 0 Å². The molecule has 1 fully saturated rings. The number of nitrogens with one attached hydrogen (secondary N) is 2. The molecule has 0 bridgehead atoms. The smallest absolute Gasteiger partial charge is 0.339 e. The van der Waals surface area contributed by atoms with Gasteiger partial charge in [0, 0.05) is 6.04 Å². The van der Waals surface area contributed by atoms with E-state index in [1.807, 2.05) is 6.92 Å². The molecule has 6 heteroatoms. The zero-order valence-corrected chi connectivity index (χ0v) is 11.9. The second-order valence-corrected chi connectivity index (χ2v) is 5.45. The normalized spacial score (nSPS) is 16.1. The Morgan fingerprint density at radius 3 is 2.65 bits per heavy atom. The number of benzene rings is 1. The van der Waals surface area contributed by atoms with E-state index < -0.39 is 12.0 Å². The number of rotatable bonds is 4. The molecule has 20 heavy (non-hydrogen) atoms. The van der Waals surface area contributed by atoms with Gasteiger partial charge in [0.2, 0.25) is 0 Å². The van der Waals surface area contributed by atoms with E-state index in [1.165, 1.54) is 18.6 Å². The van der Waals surface area contributed by atoms with Gasteiger partial charge in [-0.25, -0.2) is 9.59 Å². The van der Waals surface area contributed by atoms with Crippen molar-refractivity contribution in [3.63, 3.8) is 0 Å². The molecule has 0 aliphatic heterocycles. The van der Waals surface area contributed by atoms with Gasteiger partial charge in [0.1, 0.15) is 5.56 Å². The third-order valence-corrected chi connectivity index (χ3v) is 4.01. The summed E-state index contributed by atoms with van der Waals surface area (Å²) in [6.07, 6.45) is 3.45. The van der Waals surface area contributed by atoms with Crippen LogP contribution in [0.4, 0.5) is 10.5 Å². The van der Waals surface area contributed by atoms with Crippen molar-refractivity contribution < 1.29 is 14.7 Å². The average Bonchev–Trinajstić information content (AvgIpc) is 2.25. The lowest BCUT2D eigenvalue weighted by atomic mass is 9.80. The largest absolute Gasteiger partial charge is 0.478 e.